The highest BCUT2D eigenvalue weighted by molar-refractivity contribution is 6.00. The third-order valence-electron chi connectivity index (χ3n) is 5.01. The van der Waals surface area contributed by atoms with Crippen molar-refractivity contribution >= 4 is 11.6 Å². The number of hydrogen-bond donors (Lipinski definition) is 1. The fourth-order valence-electron chi connectivity index (χ4n) is 3.22. The van der Waals surface area contributed by atoms with E-state index in [1.807, 2.05) is 73.7 Å². The molecule has 0 atom stereocenters. The summed E-state index contributed by atoms with van der Waals surface area (Å²) in [5.41, 5.74) is 7.88. The van der Waals surface area contributed by atoms with E-state index in [1.54, 1.807) is 24.5 Å². The normalized spacial score (nSPS) is 11.1. The van der Waals surface area contributed by atoms with Crippen molar-refractivity contribution in [3.63, 3.8) is 0 Å². The Kier molecular flexibility index (Phi) is 6.68. The van der Waals surface area contributed by atoms with Crippen LogP contribution in [-0.4, -0.2) is 16.6 Å². The molecule has 0 aliphatic heterocycles. The molecule has 158 valence electrons. The SMILES string of the molecule is C/C(=N\NC(=O)c1ccc(COc2ccccc2-c2ccccc2)cc1)c1ccncc1. The second-order valence-electron chi connectivity index (χ2n) is 7.22. The zero-order valence-electron chi connectivity index (χ0n) is 17.7. The van der Waals surface area contributed by atoms with E-state index in [0.29, 0.717) is 17.9 Å². The number of ether oxygens (including phenoxy) is 1. The summed E-state index contributed by atoms with van der Waals surface area (Å²) in [5, 5.41) is 4.17. The zero-order chi connectivity index (χ0) is 22.2. The van der Waals surface area contributed by atoms with E-state index in [-0.39, 0.29) is 5.91 Å². The molecule has 0 saturated carbocycles. The first-order chi connectivity index (χ1) is 15.7. The van der Waals surface area contributed by atoms with E-state index < -0.39 is 0 Å². The molecule has 5 nitrogen and oxygen atoms in total. The van der Waals surface area contributed by atoms with Crippen LogP contribution >= 0.6 is 0 Å². The molecule has 0 bridgehead atoms. The molecule has 1 N–H and O–H groups in total. The molecule has 3 aromatic carbocycles. The Bertz CT molecular complexity index is 1200. The van der Waals surface area contributed by atoms with Crippen LogP contribution in [0.1, 0.15) is 28.4 Å². The van der Waals surface area contributed by atoms with Gasteiger partial charge in [-0.2, -0.15) is 5.10 Å². The van der Waals surface area contributed by atoms with Gasteiger partial charge in [0.25, 0.3) is 5.91 Å². The number of pyridine rings is 1. The van der Waals surface area contributed by atoms with Crippen LogP contribution in [0.25, 0.3) is 11.1 Å². The van der Waals surface area contributed by atoms with Crippen LogP contribution in [-0.2, 0) is 6.61 Å². The van der Waals surface area contributed by atoms with Gasteiger partial charge in [-0.15, -0.1) is 0 Å². The molecule has 0 fully saturated rings. The van der Waals surface area contributed by atoms with Crippen LogP contribution in [0, 0.1) is 0 Å². The Morgan fingerprint density at radius 1 is 0.844 bits per heavy atom. The predicted molar refractivity (Wildman–Crippen MR) is 127 cm³/mol. The molecule has 5 heteroatoms. The van der Waals surface area contributed by atoms with Gasteiger partial charge in [-0.1, -0.05) is 60.7 Å². The van der Waals surface area contributed by atoms with Gasteiger partial charge in [0.1, 0.15) is 12.4 Å². The van der Waals surface area contributed by atoms with Gasteiger partial charge in [-0.25, -0.2) is 5.43 Å². The Hall–Kier alpha value is -4.25. The molecule has 0 spiro atoms. The molecule has 32 heavy (non-hydrogen) atoms. The standard InChI is InChI=1S/C27H23N3O2/c1-20(22-15-17-28-18-16-22)29-30-27(31)24-13-11-21(12-14-24)19-32-26-10-6-5-9-25(26)23-7-3-2-4-8-23/h2-18H,19H2,1H3,(H,30,31)/b29-20+. The molecule has 0 aliphatic carbocycles. The molecule has 0 radical (unpaired) electrons. The fraction of sp³-hybridized carbons (Fsp3) is 0.0741. The van der Waals surface area contributed by atoms with E-state index in [9.17, 15) is 4.79 Å². The summed E-state index contributed by atoms with van der Waals surface area (Å²) in [4.78, 5) is 16.4. The number of nitrogens with zero attached hydrogens (tertiary/aromatic N) is 2. The maximum absolute atomic E-state index is 12.4. The van der Waals surface area contributed by atoms with Crippen molar-refractivity contribution < 1.29 is 9.53 Å². The van der Waals surface area contributed by atoms with Crippen molar-refractivity contribution in [2.24, 2.45) is 5.10 Å². The first kappa shape index (κ1) is 21.0. The summed E-state index contributed by atoms with van der Waals surface area (Å²) in [6.45, 7) is 2.24. The van der Waals surface area contributed by atoms with E-state index >= 15 is 0 Å². The second-order valence-corrected chi connectivity index (χ2v) is 7.22. The molecule has 0 aliphatic rings. The Morgan fingerprint density at radius 3 is 2.28 bits per heavy atom. The Balaban J connectivity index is 1.38. The average Bonchev–Trinajstić information content (AvgIpc) is 2.87. The number of benzene rings is 3. The maximum Gasteiger partial charge on any atom is 0.271 e. The Labute approximate surface area is 187 Å². The fourth-order valence-corrected chi connectivity index (χ4v) is 3.22. The van der Waals surface area contributed by atoms with Gasteiger partial charge in [0, 0.05) is 29.1 Å². The van der Waals surface area contributed by atoms with Crippen molar-refractivity contribution in [2.75, 3.05) is 0 Å². The lowest BCUT2D eigenvalue weighted by atomic mass is 10.0. The number of carbonyl (C=O) groups excluding carboxylic acids is 1. The largest absolute Gasteiger partial charge is 0.488 e. The molecular weight excluding hydrogens is 398 g/mol. The summed E-state index contributed by atoms with van der Waals surface area (Å²) in [5.74, 6) is 0.557. The van der Waals surface area contributed by atoms with Crippen molar-refractivity contribution in [1.82, 2.24) is 10.4 Å². The lowest BCUT2D eigenvalue weighted by Crippen LogP contribution is -2.19. The third-order valence-corrected chi connectivity index (χ3v) is 5.01. The van der Waals surface area contributed by atoms with Crippen LogP contribution in [0.5, 0.6) is 5.75 Å². The number of nitrogens with one attached hydrogen (secondary N) is 1. The minimum Gasteiger partial charge on any atom is -0.488 e. The quantitative estimate of drug-likeness (QED) is 0.317. The minimum atomic E-state index is -0.264. The Morgan fingerprint density at radius 2 is 1.53 bits per heavy atom. The number of hydrazone groups is 1. The van der Waals surface area contributed by atoms with Gasteiger partial charge in [0.05, 0.1) is 5.71 Å². The lowest BCUT2D eigenvalue weighted by Gasteiger charge is -2.12. The number of carbonyl (C=O) groups is 1. The summed E-state index contributed by atoms with van der Waals surface area (Å²) in [6.07, 6.45) is 3.38. The summed E-state index contributed by atoms with van der Waals surface area (Å²) < 4.78 is 6.08. The van der Waals surface area contributed by atoms with E-state index in [1.165, 1.54) is 0 Å². The van der Waals surface area contributed by atoms with E-state index in [2.05, 4.69) is 27.6 Å². The van der Waals surface area contributed by atoms with Gasteiger partial charge >= 0.3 is 0 Å². The molecule has 1 aromatic heterocycles. The van der Waals surface area contributed by atoms with Crippen molar-refractivity contribution in [3.05, 3.63) is 120 Å². The number of para-hydroxylation sites is 1. The van der Waals surface area contributed by atoms with Crippen LogP contribution < -0.4 is 10.2 Å². The number of rotatable bonds is 7. The van der Waals surface area contributed by atoms with Crippen LogP contribution in [0.15, 0.2) is 108 Å². The molecule has 4 rings (SSSR count). The topological polar surface area (TPSA) is 63.6 Å². The highest BCUT2D eigenvalue weighted by Gasteiger charge is 2.08. The first-order valence-electron chi connectivity index (χ1n) is 10.3. The highest BCUT2D eigenvalue weighted by atomic mass is 16.5. The van der Waals surface area contributed by atoms with E-state index in [4.69, 9.17) is 4.74 Å². The predicted octanol–water partition coefficient (Wildman–Crippen LogP) is 5.48. The van der Waals surface area contributed by atoms with Gasteiger partial charge in [0.15, 0.2) is 0 Å². The summed E-state index contributed by atoms with van der Waals surface area (Å²) in [7, 11) is 0. The van der Waals surface area contributed by atoms with Gasteiger partial charge in [0.2, 0.25) is 0 Å². The maximum atomic E-state index is 12.4. The molecular formula is C27H23N3O2. The third kappa shape index (κ3) is 5.26. The summed E-state index contributed by atoms with van der Waals surface area (Å²) >= 11 is 0. The molecule has 1 heterocycles. The second kappa shape index (κ2) is 10.2. The van der Waals surface area contributed by atoms with Crippen LogP contribution in [0.4, 0.5) is 0 Å². The average molecular weight is 422 g/mol. The molecule has 0 unspecified atom stereocenters. The number of hydrogen-bond acceptors (Lipinski definition) is 4. The number of aromatic nitrogens is 1. The highest BCUT2D eigenvalue weighted by Crippen LogP contribution is 2.30. The van der Waals surface area contributed by atoms with Crippen LogP contribution in [0.2, 0.25) is 0 Å². The molecule has 4 aromatic rings. The molecule has 1 amide bonds. The van der Waals surface area contributed by atoms with Crippen molar-refractivity contribution in [2.45, 2.75) is 13.5 Å². The van der Waals surface area contributed by atoms with Crippen molar-refractivity contribution in [3.8, 4) is 16.9 Å². The molecule has 0 saturated heterocycles. The lowest BCUT2D eigenvalue weighted by molar-refractivity contribution is 0.0955. The van der Waals surface area contributed by atoms with Gasteiger partial charge in [-0.05, 0) is 48.4 Å². The van der Waals surface area contributed by atoms with Gasteiger partial charge in [-0.3, -0.25) is 9.78 Å². The van der Waals surface area contributed by atoms with Gasteiger partial charge < -0.3 is 4.74 Å². The monoisotopic (exact) mass is 421 g/mol. The van der Waals surface area contributed by atoms with Crippen LogP contribution in [0.3, 0.4) is 0 Å². The van der Waals surface area contributed by atoms with E-state index in [0.717, 1.165) is 28.0 Å². The summed E-state index contributed by atoms with van der Waals surface area (Å²) in [6, 6.07) is 29.1. The zero-order valence-corrected chi connectivity index (χ0v) is 17.7. The minimum absolute atomic E-state index is 0.264. The number of amides is 1. The van der Waals surface area contributed by atoms with Crippen molar-refractivity contribution in [1.29, 1.82) is 0 Å². The smallest absolute Gasteiger partial charge is 0.271 e. The first-order valence-corrected chi connectivity index (χ1v) is 10.3.